The Bertz CT molecular complexity index is 888. The number of hydrogen-bond donors (Lipinski definition) is 0. The van der Waals surface area contributed by atoms with Gasteiger partial charge < -0.3 is 14.5 Å². The average Bonchev–Trinajstić information content (AvgIpc) is 3.19. The van der Waals surface area contributed by atoms with Crippen LogP contribution < -0.4 is 4.74 Å². The van der Waals surface area contributed by atoms with Gasteiger partial charge >= 0.3 is 0 Å². The Morgan fingerprint density at radius 1 is 1.14 bits per heavy atom. The van der Waals surface area contributed by atoms with Crippen molar-refractivity contribution in [2.45, 2.75) is 12.8 Å². The number of carbonyl (C=O) groups excluding carboxylic acids is 3. The molecule has 6 nitrogen and oxygen atoms in total. The Hall–Kier alpha value is -2.19. The van der Waals surface area contributed by atoms with Crippen LogP contribution >= 0.6 is 27.3 Å². The van der Waals surface area contributed by atoms with Crippen LogP contribution in [0.5, 0.6) is 5.75 Å². The van der Waals surface area contributed by atoms with Gasteiger partial charge in [0.05, 0.1) is 22.3 Å². The molecule has 1 fully saturated rings. The topological polar surface area (TPSA) is 66.9 Å². The highest BCUT2D eigenvalue weighted by Crippen LogP contribution is 2.24. The number of Topliss-reactive ketones (excluding diaryl/α,β-unsaturated/α-hetero) is 1. The molecule has 1 saturated heterocycles. The fourth-order valence-corrected chi connectivity index (χ4v) is 4.75. The molecule has 0 unspecified atom stereocenters. The number of rotatable bonds is 6. The van der Waals surface area contributed by atoms with Gasteiger partial charge in [0.2, 0.25) is 5.91 Å². The van der Waals surface area contributed by atoms with Crippen molar-refractivity contribution in [2.75, 3.05) is 33.8 Å². The molecule has 1 aliphatic heterocycles. The van der Waals surface area contributed by atoms with Crippen molar-refractivity contribution in [2.24, 2.45) is 5.92 Å². The monoisotopic (exact) mass is 478 g/mol. The molecule has 1 aromatic carbocycles. The summed E-state index contributed by atoms with van der Waals surface area (Å²) >= 11 is 4.69. The summed E-state index contributed by atoms with van der Waals surface area (Å²) in [6, 6.07) is 10.7. The largest absolute Gasteiger partial charge is 0.497 e. The van der Waals surface area contributed by atoms with Gasteiger partial charge in [0, 0.05) is 31.6 Å². The van der Waals surface area contributed by atoms with Gasteiger partial charge in [-0.1, -0.05) is 0 Å². The molecule has 1 aromatic heterocycles. The van der Waals surface area contributed by atoms with E-state index in [-0.39, 0.29) is 30.1 Å². The highest BCUT2D eigenvalue weighted by molar-refractivity contribution is 9.11. The number of thiophene rings is 1. The SMILES string of the molecule is COc1ccc(C(=O)C2CCN(C(=O)CN(C)C(=O)c3ccc(Br)s3)CC2)cc1. The number of likely N-dealkylation sites (N-methyl/N-ethyl adjacent to an activating group) is 1. The normalized spacial score (nSPS) is 14.5. The first-order chi connectivity index (χ1) is 13.9. The number of halogens is 1. The van der Waals surface area contributed by atoms with Gasteiger partial charge in [0.15, 0.2) is 5.78 Å². The highest BCUT2D eigenvalue weighted by Gasteiger charge is 2.29. The minimum Gasteiger partial charge on any atom is -0.497 e. The molecule has 29 heavy (non-hydrogen) atoms. The third-order valence-corrected chi connectivity index (χ3v) is 6.71. The number of hydrogen-bond acceptors (Lipinski definition) is 5. The Morgan fingerprint density at radius 2 is 1.79 bits per heavy atom. The van der Waals surface area contributed by atoms with Crippen LogP contribution in [0.3, 0.4) is 0 Å². The second-order valence-corrected chi connectivity index (χ2v) is 9.48. The van der Waals surface area contributed by atoms with E-state index in [1.165, 1.54) is 16.2 Å². The molecule has 2 amide bonds. The smallest absolute Gasteiger partial charge is 0.264 e. The fraction of sp³-hybridized carbons (Fsp3) is 0.381. The van der Waals surface area contributed by atoms with Crippen LogP contribution in [0.4, 0.5) is 0 Å². The van der Waals surface area contributed by atoms with E-state index < -0.39 is 0 Å². The summed E-state index contributed by atoms with van der Waals surface area (Å²) in [6.45, 7) is 1.08. The Kier molecular flexibility index (Phi) is 7.08. The summed E-state index contributed by atoms with van der Waals surface area (Å²) in [7, 11) is 3.22. The first-order valence-corrected chi connectivity index (χ1v) is 11.0. The number of ketones is 1. The number of amides is 2. The predicted octanol–water partition coefficient (Wildman–Crippen LogP) is 3.71. The van der Waals surface area contributed by atoms with Crippen LogP contribution in [0.25, 0.3) is 0 Å². The van der Waals surface area contributed by atoms with Gasteiger partial charge in [-0.15, -0.1) is 11.3 Å². The summed E-state index contributed by atoms with van der Waals surface area (Å²) in [5.41, 5.74) is 0.669. The van der Waals surface area contributed by atoms with E-state index in [0.29, 0.717) is 36.4 Å². The third kappa shape index (κ3) is 5.25. The molecule has 0 spiro atoms. The van der Waals surface area contributed by atoms with Crippen LogP contribution in [0.2, 0.25) is 0 Å². The lowest BCUT2D eigenvalue weighted by Gasteiger charge is -2.32. The van der Waals surface area contributed by atoms with E-state index in [1.807, 2.05) is 6.07 Å². The number of methoxy groups -OCH3 is 1. The average molecular weight is 479 g/mol. The zero-order chi connectivity index (χ0) is 21.0. The number of nitrogens with zero attached hydrogens (tertiary/aromatic N) is 2. The minimum absolute atomic E-state index is 0.0332. The summed E-state index contributed by atoms with van der Waals surface area (Å²) in [5, 5.41) is 0. The van der Waals surface area contributed by atoms with E-state index in [0.717, 1.165) is 9.54 Å². The summed E-state index contributed by atoms with van der Waals surface area (Å²) in [4.78, 5) is 41.5. The maximum Gasteiger partial charge on any atom is 0.264 e. The van der Waals surface area contributed by atoms with Crippen molar-refractivity contribution >= 4 is 44.9 Å². The van der Waals surface area contributed by atoms with Crippen LogP contribution in [0.15, 0.2) is 40.2 Å². The lowest BCUT2D eigenvalue weighted by molar-refractivity contribution is -0.132. The summed E-state index contributed by atoms with van der Waals surface area (Å²) in [6.07, 6.45) is 1.26. The predicted molar refractivity (Wildman–Crippen MR) is 116 cm³/mol. The molecular formula is C21H23BrN2O4S. The zero-order valence-corrected chi connectivity index (χ0v) is 18.8. The van der Waals surface area contributed by atoms with Crippen LogP contribution in [0, 0.1) is 5.92 Å². The molecule has 0 bridgehead atoms. The number of piperidine rings is 1. The molecule has 1 aliphatic rings. The number of benzene rings is 1. The van der Waals surface area contributed by atoms with E-state index in [4.69, 9.17) is 4.74 Å². The van der Waals surface area contributed by atoms with Crippen molar-refractivity contribution in [1.82, 2.24) is 9.80 Å². The second kappa shape index (κ2) is 9.54. The van der Waals surface area contributed by atoms with Crippen LogP contribution in [-0.2, 0) is 4.79 Å². The van der Waals surface area contributed by atoms with Gasteiger partial charge in [-0.2, -0.15) is 0 Å². The van der Waals surface area contributed by atoms with Gasteiger partial charge in [0.25, 0.3) is 5.91 Å². The van der Waals surface area contributed by atoms with E-state index in [1.54, 1.807) is 49.4 Å². The maximum absolute atomic E-state index is 12.7. The minimum atomic E-state index is -0.168. The molecule has 0 saturated carbocycles. The second-order valence-electron chi connectivity index (χ2n) is 7.01. The van der Waals surface area contributed by atoms with Crippen molar-refractivity contribution in [3.63, 3.8) is 0 Å². The van der Waals surface area contributed by atoms with Gasteiger partial charge in [-0.25, -0.2) is 0 Å². The van der Waals surface area contributed by atoms with Gasteiger partial charge in [-0.3, -0.25) is 14.4 Å². The molecule has 8 heteroatoms. The van der Waals surface area contributed by atoms with Crippen LogP contribution in [-0.4, -0.2) is 61.2 Å². The number of likely N-dealkylation sites (tertiary alicyclic amines) is 1. The summed E-state index contributed by atoms with van der Waals surface area (Å²) < 4.78 is 6.01. The Labute approximate surface area is 182 Å². The number of ether oxygens (including phenoxy) is 1. The molecule has 0 aliphatic carbocycles. The molecule has 2 heterocycles. The van der Waals surface area contributed by atoms with Gasteiger partial charge in [-0.05, 0) is 65.2 Å². The molecular weight excluding hydrogens is 456 g/mol. The van der Waals surface area contributed by atoms with E-state index in [9.17, 15) is 14.4 Å². The Morgan fingerprint density at radius 3 is 2.34 bits per heavy atom. The lowest BCUT2D eigenvalue weighted by atomic mass is 9.89. The van der Waals surface area contributed by atoms with Gasteiger partial charge in [0.1, 0.15) is 5.75 Å². The fourth-order valence-electron chi connectivity index (χ4n) is 3.37. The highest BCUT2D eigenvalue weighted by atomic mass is 79.9. The first kappa shape index (κ1) is 21.5. The standard InChI is InChI=1S/C21H23BrN2O4S/c1-23(21(27)17-7-8-18(22)29-17)13-19(25)24-11-9-15(10-12-24)20(26)14-3-5-16(28-2)6-4-14/h3-8,15H,9-13H2,1-2H3. The van der Waals surface area contributed by atoms with Crippen LogP contribution in [0.1, 0.15) is 32.9 Å². The van der Waals surface area contributed by atoms with Crippen molar-refractivity contribution in [3.05, 3.63) is 50.6 Å². The lowest BCUT2D eigenvalue weighted by Crippen LogP contribution is -2.45. The van der Waals surface area contributed by atoms with Crippen molar-refractivity contribution in [1.29, 1.82) is 0 Å². The third-order valence-electron chi connectivity index (χ3n) is 5.10. The van der Waals surface area contributed by atoms with E-state index >= 15 is 0 Å². The molecule has 2 aromatic rings. The summed E-state index contributed by atoms with van der Waals surface area (Å²) in [5.74, 6) is 0.478. The first-order valence-electron chi connectivity index (χ1n) is 9.36. The van der Waals surface area contributed by atoms with E-state index in [2.05, 4.69) is 15.9 Å². The molecule has 0 N–H and O–H groups in total. The molecule has 154 valence electrons. The molecule has 0 radical (unpaired) electrons. The molecule has 0 atom stereocenters. The maximum atomic E-state index is 12.7. The number of carbonyl (C=O) groups is 3. The molecule has 3 rings (SSSR count). The Balaban J connectivity index is 1.51. The van der Waals surface area contributed by atoms with Crippen molar-refractivity contribution in [3.8, 4) is 5.75 Å². The van der Waals surface area contributed by atoms with Crippen molar-refractivity contribution < 1.29 is 19.1 Å². The zero-order valence-electron chi connectivity index (χ0n) is 16.4. The quantitative estimate of drug-likeness (QED) is 0.593.